The number of aryl methyl sites for hydroxylation is 1. The molecule has 2 aliphatic heterocycles. The largest absolute Gasteiger partial charge is 0.331 e. The summed E-state index contributed by atoms with van der Waals surface area (Å²) in [5, 5.41) is 10.3. The van der Waals surface area contributed by atoms with E-state index in [1.54, 1.807) is 0 Å². The number of nitrogens with zero attached hydrogens (tertiary/aromatic N) is 3. The smallest absolute Gasteiger partial charge is 0.254 e. The first-order valence-electron chi connectivity index (χ1n) is 9.75. The zero-order valence-corrected chi connectivity index (χ0v) is 17.0. The second-order valence-corrected chi connectivity index (χ2v) is 7.75. The van der Waals surface area contributed by atoms with Crippen molar-refractivity contribution in [2.24, 2.45) is 11.8 Å². The van der Waals surface area contributed by atoms with Gasteiger partial charge in [-0.2, -0.15) is 5.10 Å². The average Bonchev–Trinajstić information content (AvgIpc) is 3.45. The third-order valence-electron chi connectivity index (χ3n) is 6.15. The quantitative estimate of drug-likeness (QED) is 0.696. The summed E-state index contributed by atoms with van der Waals surface area (Å²) in [5.74, 6) is 1.80. The van der Waals surface area contributed by atoms with Gasteiger partial charge in [0.05, 0.1) is 6.04 Å². The molecule has 6 nitrogen and oxygen atoms in total. The molecule has 2 aliphatic rings. The maximum Gasteiger partial charge on any atom is 0.254 e. The molecule has 5 rings (SSSR count). The molecule has 2 saturated heterocycles. The summed E-state index contributed by atoms with van der Waals surface area (Å²) in [6.45, 7) is 4.90. The normalized spacial score (nSPS) is 22.9. The second-order valence-electron chi connectivity index (χ2n) is 7.75. The lowest BCUT2D eigenvalue weighted by Crippen LogP contribution is -2.35. The highest BCUT2D eigenvalue weighted by Gasteiger charge is 2.47. The van der Waals surface area contributed by atoms with Gasteiger partial charge in [0, 0.05) is 36.7 Å². The number of amides is 1. The fourth-order valence-electron chi connectivity index (χ4n) is 4.73. The van der Waals surface area contributed by atoms with E-state index in [1.807, 2.05) is 24.3 Å². The number of benzene rings is 2. The van der Waals surface area contributed by atoms with Gasteiger partial charge in [-0.05, 0) is 36.1 Å². The van der Waals surface area contributed by atoms with E-state index < -0.39 is 0 Å². The Hall–Kier alpha value is -2.70. The number of aromatic nitrogens is 3. The third kappa shape index (κ3) is 3.43. The highest BCUT2D eigenvalue weighted by Crippen LogP contribution is 2.44. The van der Waals surface area contributed by atoms with E-state index in [2.05, 4.69) is 56.6 Å². The summed E-state index contributed by atoms with van der Waals surface area (Å²) in [6, 6.07) is 16.2. The molecule has 0 radical (unpaired) electrons. The van der Waals surface area contributed by atoms with Crippen molar-refractivity contribution in [2.45, 2.75) is 13.0 Å². The molecule has 1 amide bonds. The minimum Gasteiger partial charge on any atom is -0.331 e. The van der Waals surface area contributed by atoms with Crippen molar-refractivity contribution in [2.75, 3.05) is 19.6 Å². The van der Waals surface area contributed by atoms with E-state index >= 15 is 0 Å². The van der Waals surface area contributed by atoms with Crippen molar-refractivity contribution in [3.63, 3.8) is 0 Å². The van der Waals surface area contributed by atoms with Crippen LogP contribution in [-0.4, -0.2) is 45.6 Å². The monoisotopic (exact) mass is 409 g/mol. The summed E-state index contributed by atoms with van der Waals surface area (Å²) in [4.78, 5) is 19.7. The second kappa shape index (κ2) is 7.97. The first-order valence-corrected chi connectivity index (χ1v) is 9.75. The number of H-pyrrole nitrogens is 1. The van der Waals surface area contributed by atoms with Crippen LogP contribution in [0.4, 0.5) is 0 Å². The van der Waals surface area contributed by atoms with Crippen LogP contribution in [0, 0.1) is 18.8 Å². The lowest BCUT2D eigenvalue weighted by Gasteiger charge is -2.29. The Morgan fingerprint density at radius 2 is 1.90 bits per heavy atom. The Kier molecular flexibility index (Phi) is 5.39. The summed E-state index contributed by atoms with van der Waals surface area (Å²) >= 11 is 0. The molecule has 29 heavy (non-hydrogen) atoms. The first kappa shape index (κ1) is 19.6. The molecule has 0 saturated carbocycles. The number of likely N-dealkylation sites (tertiary alicyclic amines) is 1. The number of hydrogen-bond donors (Lipinski definition) is 2. The Labute approximate surface area is 176 Å². The predicted molar refractivity (Wildman–Crippen MR) is 114 cm³/mol. The van der Waals surface area contributed by atoms with Crippen LogP contribution in [0.2, 0.25) is 0 Å². The Morgan fingerprint density at radius 1 is 1.10 bits per heavy atom. The van der Waals surface area contributed by atoms with E-state index in [1.165, 1.54) is 17.5 Å². The van der Waals surface area contributed by atoms with E-state index in [-0.39, 0.29) is 24.4 Å². The fourth-order valence-corrected chi connectivity index (χ4v) is 4.73. The molecule has 0 unspecified atom stereocenters. The van der Waals surface area contributed by atoms with Crippen molar-refractivity contribution in [3.05, 3.63) is 71.5 Å². The minimum atomic E-state index is 0. The van der Waals surface area contributed by atoms with E-state index in [4.69, 9.17) is 0 Å². The van der Waals surface area contributed by atoms with Gasteiger partial charge in [0.15, 0.2) is 5.82 Å². The third-order valence-corrected chi connectivity index (χ3v) is 6.15. The van der Waals surface area contributed by atoms with Gasteiger partial charge in [-0.1, -0.05) is 36.4 Å². The van der Waals surface area contributed by atoms with Crippen LogP contribution in [0.5, 0.6) is 0 Å². The maximum absolute atomic E-state index is 13.4. The number of carbonyl (C=O) groups excluding carboxylic acids is 1. The number of aromatic amines is 1. The van der Waals surface area contributed by atoms with Crippen LogP contribution < -0.4 is 5.32 Å². The number of rotatable bonds is 3. The van der Waals surface area contributed by atoms with Gasteiger partial charge in [0.2, 0.25) is 0 Å². The Balaban J connectivity index is 0.00000205. The highest BCUT2D eigenvalue weighted by atomic mass is 35.5. The van der Waals surface area contributed by atoms with Gasteiger partial charge in [-0.3, -0.25) is 9.89 Å². The molecule has 150 valence electrons. The van der Waals surface area contributed by atoms with Gasteiger partial charge < -0.3 is 10.2 Å². The van der Waals surface area contributed by atoms with Crippen LogP contribution >= 0.6 is 12.4 Å². The molecule has 2 N–H and O–H groups in total. The van der Waals surface area contributed by atoms with Crippen LogP contribution in [0.3, 0.4) is 0 Å². The predicted octanol–water partition coefficient (Wildman–Crippen LogP) is 3.23. The van der Waals surface area contributed by atoms with Crippen molar-refractivity contribution < 1.29 is 4.79 Å². The molecule has 1 aromatic heterocycles. The van der Waals surface area contributed by atoms with Crippen molar-refractivity contribution in [3.8, 4) is 11.4 Å². The van der Waals surface area contributed by atoms with Crippen molar-refractivity contribution >= 4 is 18.3 Å². The standard InChI is InChI=1S/C22H23N5O.ClH/c1-14-4-2-3-5-18(14)20-19-11-23-10-17(19)12-27(20)22(28)16-8-6-15(7-9-16)21-24-13-25-26-21;/h2-9,13,17,19-20,23H,10-12H2,1H3,(H,24,25,26);1H/t17-,19-,20+;/m0./s1. The van der Waals surface area contributed by atoms with E-state index in [0.717, 1.165) is 30.8 Å². The first-order chi connectivity index (χ1) is 13.7. The topological polar surface area (TPSA) is 73.9 Å². The lowest BCUT2D eigenvalue weighted by molar-refractivity contribution is 0.0713. The molecule has 2 aromatic carbocycles. The van der Waals surface area contributed by atoms with Gasteiger partial charge in [-0.15, -0.1) is 12.4 Å². The summed E-state index contributed by atoms with van der Waals surface area (Å²) in [6.07, 6.45) is 1.48. The molecule has 0 spiro atoms. The Morgan fingerprint density at radius 3 is 2.62 bits per heavy atom. The zero-order valence-electron chi connectivity index (χ0n) is 16.2. The molecular weight excluding hydrogens is 386 g/mol. The minimum absolute atomic E-state index is 0. The van der Waals surface area contributed by atoms with Crippen LogP contribution in [0.15, 0.2) is 54.9 Å². The van der Waals surface area contributed by atoms with Gasteiger partial charge >= 0.3 is 0 Å². The molecule has 3 atom stereocenters. The molecule has 7 heteroatoms. The summed E-state index contributed by atoms with van der Waals surface area (Å²) in [7, 11) is 0. The Bertz CT molecular complexity index is 989. The molecule has 0 aliphatic carbocycles. The van der Waals surface area contributed by atoms with Crippen LogP contribution in [0.1, 0.15) is 27.5 Å². The molecule has 3 heterocycles. The number of carbonyl (C=O) groups is 1. The lowest BCUT2D eigenvalue weighted by atomic mass is 9.87. The van der Waals surface area contributed by atoms with Crippen LogP contribution in [-0.2, 0) is 0 Å². The van der Waals surface area contributed by atoms with E-state index in [0.29, 0.717) is 17.7 Å². The van der Waals surface area contributed by atoms with Gasteiger partial charge in [0.1, 0.15) is 6.33 Å². The maximum atomic E-state index is 13.4. The number of fused-ring (bicyclic) bond motifs is 1. The molecule has 2 fully saturated rings. The summed E-state index contributed by atoms with van der Waals surface area (Å²) < 4.78 is 0. The van der Waals surface area contributed by atoms with Crippen LogP contribution in [0.25, 0.3) is 11.4 Å². The van der Waals surface area contributed by atoms with E-state index in [9.17, 15) is 4.79 Å². The number of halogens is 1. The van der Waals surface area contributed by atoms with Crippen molar-refractivity contribution in [1.82, 2.24) is 25.4 Å². The van der Waals surface area contributed by atoms with Gasteiger partial charge in [0.25, 0.3) is 5.91 Å². The highest BCUT2D eigenvalue weighted by molar-refractivity contribution is 5.95. The van der Waals surface area contributed by atoms with Gasteiger partial charge in [-0.25, -0.2) is 4.98 Å². The van der Waals surface area contributed by atoms with Crippen molar-refractivity contribution in [1.29, 1.82) is 0 Å². The summed E-state index contributed by atoms with van der Waals surface area (Å²) in [5.41, 5.74) is 4.16. The number of hydrogen-bond acceptors (Lipinski definition) is 4. The fraction of sp³-hybridized carbons (Fsp3) is 0.318. The number of nitrogens with one attached hydrogen (secondary N) is 2. The average molecular weight is 410 g/mol. The molecule has 3 aromatic rings. The zero-order chi connectivity index (χ0) is 19.1. The molecule has 0 bridgehead atoms. The molecular formula is C22H24ClN5O. The SMILES string of the molecule is Cc1ccccc1[C@@H]1[C@H]2CNC[C@H]2CN1C(=O)c1ccc(-c2ncn[nH]2)cc1.Cl.